The first kappa shape index (κ1) is 14.4. The molecule has 7 nitrogen and oxygen atoms in total. The van der Waals surface area contributed by atoms with Crippen molar-refractivity contribution < 1.29 is 8.42 Å². The molecule has 1 aliphatic heterocycles. The number of hydrogen-bond acceptors (Lipinski definition) is 4. The highest BCUT2D eigenvalue weighted by Gasteiger charge is 2.22. The summed E-state index contributed by atoms with van der Waals surface area (Å²) in [6, 6.07) is 0. The Morgan fingerprint density at radius 3 is 2.53 bits per heavy atom. The fourth-order valence-electron chi connectivity index (χ4n) is 2.21. The molecule has 0 saturated carbocycles. The molecule has 0 spiro atoms. The topological polar surface area (TPSA) is 80.1 Å². The van der Waals surface area contributed by atoms with E-state index in [1.54, 1.807) is 16.0 Å². The van der Waals surface area contributed by atoms with Crippen LogP contribution >= 0.6 is 0 Å². The second-order valence-corrected chi connectivity index (χ2v) is 6.52. The zero-order valence-electron chi connectivity index (χ0n) is 11.2. The summed E-state index contributed by atoms with van der Waals surface area (Å²) >= 11 is 0. The number of nitrogens with one attached hydrogen (secondary N) is 1. The standard InChI is InChI=1S/C11H21N5O2S/c1-15-11(12-10-13-15)6-7-14-19(17,18)16-8-4-2-3-5-9-16/h10,14H,2-9H2,1H3. The lowest BCUT2D eigenvalue weighted by Crippen LogP contribution is -2.42. The first-order valence-corrected chi connectivity index (χ1v) is 8.11. The van der Waals surface area contributed by atoms with E-state index < -0.39 is 10.2 Å². The van der Waals surface area contributed by atoms with Crippen LogP contribution in [0.15, 0.2) is 6.33 Å². The molecule has 19 heavy (non-hydrogen) atoms. The summed E-state index contributed by atoms with van der Waals surface area (Å²) in [7, 11) is -1.55. The fourth-order valence-corrected chi connectivity index (χ4v) is 3.49. The smallest absolute Gasteiger partial charge is 0.253 e. The lowest BCUT2D eigenvalue weighted by molar-refractivity contribution is 0.415. The van der Waals surface area contributed by atoms with Gasteiger partial charge in [0.25, 0.3) is 10.2 Å². The molecule has 2 rings (SSSR count). The van der Waals surface area contributed by atoms with E-state index in [1.165, 1.54) is 6.33 Å². The minimum Gasteiger partial charge on any atom is -0.253 e. The van der Waals surface area contributed by atoms with Gasteiger partial charge < -0.3 is 0 Å². The average Bonchev–Trinajstić information content (AvgIpc) is 2.65. The van der Waals surface area contributed by atoms with E-state index in [4.69, 9.17) is 0 Å². The highest BCUT2D eigenvalue weighted by molar-refractivity contribution is 7.87. The average molecular weight is 287 g/mol. The minimum atomic E-state index is -3.35. The Bertz CT molecular complexity index is 491. The Hall–Kier alpha value is -0.990. The van der Waals surface area contributed by atoms with Gasteiger partial charge in [-0.3, -0.25) is 4.68 Å². The zero-order valence-corrected chi connectivity index (χ0v) is 12.1. The Labute approximate surface area is 114 Å². The SMILES string of the molecule is Cn1ncnc1CCNS(=O)(=O)N1CCCCCC1. The van der Waals surface area contributed by atoms with E-state index in [0.29, 0.717) is 26.1 Å². The van der Waals surface area contributed by atoms with Gasteiger partial charge in [0.05, 0.1) is 0 Å². The van der Waals surface area contributed by atoms with Crippen molar-refractivity contribution in [1.82, 2.24) is 23.8 Å². The Morgan fingerprint density at radius 1 is 1.26 bits per heavy atom. The predicted octanol–water partition coefficient (Wildman–Crippen LogP) is 0.0680. The lowest BCUT2D eigenvalue weighted by atomic mass is 10.2. The van der Waals surface area contributed by atoms with Gasteiger partial charge in [0.1, 0.15) is 12.2 Å². The molecular formula is C11H21N5O2S. The molecule has 1 aliphatic rings. The molecule has 0 aromatic carbocycles. The van der Waals surface area contributed by atoms with Crippen LogP contribution in [0.5, 0.6) is 0 Å². The second kappa shape index (κ2) is 6.44. The van der Waals surface area contributed by atoms with Gasteiger partial charge in [-0.25, -0.2) is 9.71 Å². The number of nitrogens with zero attached hydrogens (tertiary/aromatic N) is 4. The van der Waals surface area contributed by atoms with Gasteiger partial charge in [0.15, 0.2) is 0 Å². The number of rotatable bonds is 5. The van der Waals surface area contributed by atoms with Crippen LogP contribution < -0.4 is 4.72 Å². The molecule has 0 unspecified atom stereocenters. The normalized spacial score (nSPS) is 18.4. The van der Waals surface area contributed by atoms with E-state index in [2.05, 4.69) is 14.8 Å². The molecule has 0 radical (unpaired) electrons. The van der Waals surface area contributed by atoms with Crippen LogP contribution in [0.25, 0.3) is 0 Å². The molecule has 0 bridgehead atoms. The molecule has 0 aliphatic carbocycles. The molecule has 1 aromatic heterocycles. The lowest BCUT2D eigenvalue weighted by Gasteiger charge is -2.20. The number of hydrogen-bond donors (Lipinski definition) is 1. The maximum atomic E-state index is 12.1. The number of aromatic nitrogens is 3. The Morgan fingerprint density at radius 2 is 1.95 bits per heavy atom. The van der Waals surface area contributed by atoms with Crippen LogP contribution in [-0.4, -0.2) is 47.1 Å². The monoisotopic (exact) mass is 287 g/mol. The van der Waals surface area contributed by atoms with E-state index >= 15 is 0 Å². The van der Waals surface area contributed by atoms with E-state index in [-0.39, 0.29) is 0 Å². The van der Waals surface area contributed by atoms with Crippen molar-refractivity contribution >= 4 is 10.2 Å². The fraction of sp³-hybridized carbons (Fsp3) is 0.818. The van der Waals surface area contributed by atoms with Gasteiger partial charge >= 0.3 is 0 Å². The molecular weight excluding hydrogens is 266 g/mol. The van der Waals surface area contributed by atoms with Gasteiger partial charge in [-0.05, 0) is 12.8 Å². The van der Waals surface area contributed by atoms with Gasteiger partial charge in [-0.1, -0.05) is 12.8 Å². The molecule has 1 aromatic rings. The third kappa shape index (κ3) is 3.99. The van der Waals surface area contributed by atoms with Crippen molar-refractivity contribution in [1.29, 1.82) is 0 Å². The summed E-state index contributed by atoms with van der Waals surface area (Å²) < 4.78 is 30.1. The summed E-state index contributed by atoms with van der Waals surface area (Å²) in [5.41, 5.74) is 0. The second-order valence-electron chi connectivity index (χ2n) is 4.76. The quantitative estimate of drug-likeness (QED) is 0.831. The first-order valence-electron chi connectivity index (χ1n) is 6.67. The van der Waals surface area contributed by atoms with Crippen LogP contribution in [0.1, 0.15) is 31.5 Å². The van der Waals surface area contributed by atoms with Crippen LogP contribution in [0.2, 0.25) is 0 Å². The molecule has 1 fully saturated rings. The summed E-state index contributed by atoms with van der Waals surface area (Å²) in [6.07, 6.45) is 6.15. The van der Waals surface area contributed by atoms with Crippen LogP contribution in [-0.2, 0) is 23.7 Å². The Kier molecular flexibility index (Phi) is 4.89. The molecule has 8 heteroatoms. The van der Waals surface area contributed by atoms with Crippen molar-refractivity contribution in [3.63, 3.8) is 0 Å². The first-order chi connectivity index (χ1) is 9.09. The largest absolute Gasteiger partial charge is 0.279 e. The maximum Gasteiger partial charge on any atom is 0.279 e. The maximum absolute atomic E-state index is 12.1. The molecule has 0 amide bonds. The van der Waals surface area contributed by atoms with Gasteiger partial charge in [0.2, 0.25) is 0 Å². The van der Waals surface area contributed by atoms with Crippen LogP contribution in [0.3, 0.4) is 0 Å². The van der Waals surface area contributed by atoms with Gasteiger partial charge in [-0.15, -0.1) is 0 Å². The molecule has 108 valence electrons. The molecule has 0 atom stereocenters. The highest BCUT2D eigenvalue weighted by atomic mass is 32.2. The van der Waals surface area contributed by atoms with Crippen molar-refractivity contribution in [2.45, 2.75) is 32.1 Å². The summed E-state index contributed by atoms with van der Waals surface area (Å²) in [5, 5.41) is 3.95. The van der Waals surface area contributed by atoms with Crippen LogP contribution in [0, 0.1) is 0 Å². The zero-order chi connectivity index (χ0) is 13.7. The summed E-state index contributed by atoms with van der Waals surface area (Å²) in [6.45, 7) is 1.60. The van der Waals surface area contributed by atoms with E-state index in [0.717, 1.165) is 31.5 Å². The molecule has 2 heterocycles. The van der Waals surface area contributed by atoms with Crippen LogP contribution in [0.4, 0.5) is 0 Å². The highest BCUT2D eigenvalue weighted by Crippen LogP contribution is 2.12. The number of aryl methyl sites for hydroxylation is 1. The van der Waals surface area contributed by atoms with E-state index in [9.17, 15) is 8.42 Å². The van der Waals surface area contributed by atoms with Crippen molar-refractivity contribution in [3.8, 4) is 0 Å². The molecule has 1 saturated heterocycles. The van der Waals surface area contributed by atoms with Gasteiger partial charge in [-0.2, -0.15) is 17.8 Å². The van der Waals surface area contributed by atoms with Crippen molar-refractivity contribution in [2.75, 3.05) is 19.6 Å². The third-order valence-corrected chi connectivity index (χ3v) is 4.96. The van der Waals surface area contributed by atoms with Crippen molar-refractivity contribution in [3.05, 3.63) is 12.2 Å². The van der Waals surface area contributed by atoms with Crippen molar-refractivity contribution in [2.24, 2.45) is 7.05 Å². The third-order valence-electron chi connectivity index (χ3n) is 3.34. The Balaban J connectivity index is 1.85. The van der Waals surface area contributed by atoms with Gasteiger partial charge in [0, 0.05) is 33.1 Å². The minimum absolute atomic E-state index is 0.353. The molecule has 1 N–H and O–H groups in total. The summed E-state index contributed by atoms with van der Waals surface area (Å²) in [4.78, 5) is 4.07. The predicted molar refractivity (Wildman–Crippen MR) is 71.7 cm³/mol. The van der Waals surface area contributed by atoms with E-state index in [1.807, 2.05) is 0 Å². The summed E-state index contributed by atoms with van der Waals surface area (Å²) in [5.74, 6) is 0.776.